The van der Waals surface area contributed by atoms with Gasteiger partial charge in [0, 0.05) is 0 Å². The molecule has 1 aromatic carbocycles. The Balaban J connectivity index is 2.53. The monoisotopic (exact) mass is 269 g/mol. The smallest absolute Gasteiger partial charge is 0.338 e. The predicted molar refractivity (Wildman–Crippen MR) is 68.3 cm³/mol. The van der Waals surface area contributed by atoms with E-state index in [0.29, 0.717) is 0 Å². The maximum absolute atomic E-state index is 14.0. The molecule has 1 aliphatic heterocycles. The summed E-state index contributed by atoms with van der Waals surface area (Å²) >= 11 is 0. The van der Waals surface area contributed by atoms with Gasteiger partial charge in [-0.2, -0.15) is 0 Å². The molecule has 19 heavy (non-hydrogen) atoms. The molecule has 1 saturated heterocycles. The van der Waals surface area contributed by atoms with E-state index in [9.17, 15) is 13.6 Å². The molecule has 0 saturated carbocycles. The Hall–Kier alpha value is -1.65. The number of esters is 1. The van der Waals surface area contributed by atoms with Crippen LogP contribution in [0, 0.1) is 11.6 Å². The first-order valence-electron chi connectivity index (χ1n) is 6.02. The van der Waals surface area contributed by atoms with E-state index < -0.39 is 17.6 Å². The molecule has 1 aromatic rings. The normalized spacial score (nSPS) is 19.2. The first-order chi connectivity index (χ1) is 8.64. The van der Waals surface area contributed by atoms with Crippen LogP contribution in [0.15, 0.2) is 12.1 Å². The van der Waals surface area contributed by atoms with E-state index in [1.807, 2.05) is 27.7 Å². The second-order valence-electron chi connectivity index (χ2n) is 5.74. The minimum atomic E-state index is -1.04. The third-order valence-corrected chi connectivity index (χ3v) is 4.24. The highest BCUT2D eigenvalue weighted by Crippen LogP contribution is 2.54. The van der Waals surface area contributed by atoms with Crippen LogP contribution in [0.25, 0.3) is 0 Å². The highest BCUT2D eigenvalue weighted by atomic mass is 19.2. The van der Waals surface area contributed by atoms with Crippen LogP contribution >= 0.6 is 0 Å². The van der Waals surface area contributed by atoms with Gasteiger partial charge in [0.15, 0.2) is 11.6 Å². The number of carbonyl (C=O) groups excluding carboxylic acids is 1. The van der Waals surface area contributed by atoms with Crippen molar-refractivity contribution < 1.29 is 18.3 Å². The molecule has 0 radical (unpaired) electrons. The van der Waals surface area contributed by atoms with Crippen molar-refractivity contribution in [2.75, 3.05) is 12.0 Å². The Morgan fingerprint density at radius 2 is 1.68 bits per heavy atom. The number of hydrogen-bond donors (Lipinski definition) is 0. The second kappa shape index (κ2) is 3.92. The van der Waals surface area contributed by atoms with E-state index >= 15 is 0 Å². The summed E-state index contributed by atoms with van der Waals surface area (Å²) in [5, 5.41) is 0. The van der Waals surface area contributed by atoms with E-state index in [2.05, 4.69) is 4.74 Å². The van der Waals surface area contributed by atoms with Gasteiger partial charge in [0.25, 0.3) is 0 Å². The van der Waals surface area contributed by atoms with E-state index in [1.54, 1.807) is 4.90 Å². The van der Waals surface area contributed by atoms with Crippen molar-refractivity contribution in [3.05, 3.63) is 29.3 Å². The molecule has 1 heterocycles. The van der Waals surface area contributed by atoms with Gasteiger partial charge in [-0.25, -0.2) is 13.6 Å². The Morgan fingerprint density at radius 3 is 2.11 bits per heavy atom. The van der Waals surface area contributed by atoms with Gasteiger partial charge >= 0.3 is 5.97 Å². The van der Waals surface area contributed by atoms with Crippen LogP contribution in [0.3, 0.4) is 0 Å². The summed E-state index contributed by atoms with van der Waals surface area (Å²) in [4.78, 5) is 13.2. The fourth-order valence-electron chi connectivity index (χ4n) is 2.49. The van der Waals surface area contributed by atoms with E-state index in [1.165, 1.54) is 13.2 Å². The average Bonchev–Trinajstić information content (AvgIpc) is 2.72. The topological polar surface area (TPSA) is 29.3 Å². The lowest BCUT2D eigenvalue weighted by Gasteiger charge is -2.13. The third kappa shape index (κ3) is 1.79. The van der Waals surface area contributed by atoms with Gasteiger partial charge < -0.3 is 9.64 Å². The van der Waals surface area contributed by atoms with Gasteiger partial charge in [0.1, 0.15) is 0 Å². The van der Waals surface area contributed by atoms with Crippen LogP contribution in [-0.2, 0) is 4.74 Å². The highest BCUT2D eigenvalue weighted by molar-refractivity contribution is 5.91. The molecule has 5 heteroatoms. The molecule has 0 atom stereocenters. The molecule has 3 nitrogen and oxygen atoms in total. The summed E-state index contributed by atoms with van der Waals surface area (Å²) in [5.41, 5.74) is -0.491. The maximum Gasteiger partial charge on any atom is 0.338 e. The second-order valence-corrected chi connectivity index (χ2v) is 5.74. The molecule has 0 amide bonds. The molecule has 1 aliphatic rings. The molecule has 0 N–H and O–H groups in total. The average molecular weight is 269 g/mol. The number of rotatable bonds is 2. The Bertz CT molecular complexity index is 539. The number of ether oxygens (including phenoxy) is 1. The molecule has 2 rings (SSSR count). The number of carbonyl (C=O) groups is 1. The summed E-state index contributed by atoms with van der Waals surface area (Å²) in [7, 11) is 1.20. The van der Waals surface area contributed by atoms with Crippen LogP contribution < -0.4 is 4.90 Å². The van der Waals surface area contributed by atoms with Crippen LogP contribution in [0.2, 0.25) is 0 Å². The first-order valence-corrected chi connectivity index (χ1v) is 6.02. The third-order valence-electron chi connectivity index (χ3n) is 4.24. The maximum atomic E-state index is 14.0. The molecule has 0 spiro atoms. The van der Waals surface area contributed by atoms with Crippen LogP contribution in [0.4, 0.5) is 14.5 Å². The van der Waals surface area contributed by atoms with E-state index in [0.717, 1.165) is 6.07 Å². The van der Waals surface area contributed by atoms with E-state index in [-0.39, 0.29) is 22.3 Å². The van der Waals surface area contributed by atoms with Crippen molar-refractivity contribution in [3.8, 4) is 0 Å². The van der Waals surface area contributed by atoms with Gasteiger partial charge in [-0.3, -0.25) is 0 Å². The van der Waals surface area contributed by atoms with Crippen molar-refractivity contribution in [1.29, 1.82) is 0 Å². The van der Waals surface area contributed by atoms with Crippen molar-refractivity contribution in [2.24, 2.45) is 0 Å². The van der Waals surface area contributed by atoms with E-state index in [4.69, 9.17) is 0 Å². The van der Waals surface area contributed by atoms with Crippen LogP contribution in [0.5, 0.6) is 0 Å². The first kappa shape index (κ1) is 13.8. The zero-order valence-electron chi connectivity index (χ0n) is 11.7. The van der Waals surface area contributed by atoms with Crippen molar-refractivity contribution in [3.63, 3.8) is 0 Å². The lowest BCUT2D eigenvalue weighted by atomic mass is 10.0. The quantitative estimate of drug-likeness (QED) is 0.610. The zero-order chi connectivity index (χ0) is 14.6. The summed E-state index contributed by atoms with van der Waals surface area (Å²) in [6.07, 6.45) is 0. The van der Waals surface area contributed by atoms with Crippen LogP contribution in [0.1, 0.15) is 38.1 Å². The van der Waals surface area contributed by atoms with Crippen molar-refractivity contribution >= 4 is 11.7 Å². The molecule has 0 aliphatic carbocycles. The number of benzene rings is 1. The summed E-state index contributed by atoms with van der Waals surface area (Å²) in [6.45, 7) is 7.76. The standard InChI is InChI=1S/C14H17F2NO2/c1-13(2)14(3,4)17(13)10-7-8(12(18)19-5)6-9(15)11(10)16/h6-7H,1-5H3. The van der Waals surface area contributed by atoms with Crippen molar-refractivity contribution in [2.45, 2.75) is 38.8 Å². The summed E-state index contributed by atoms with van der Waals surface area (Å²) in [5.74, 6) is -2.67. The van der Waals surface area contributed by atoms with Crippen LogP contribution in [-0.4, -0.2) is 24.2 Å². The van der Waals surface area contributed by atoms with Gasteiger partial charge in [-0.15, -0.1) is 0 Å². The number of hydrogen-bond acceptors (Lipinski definition) is 3. The van der Waals surface area contributed by atoms with Gasteiger partial charge in [0.2, 0.25) is 0 Å². The molecule has 0 aromatic heterocycles. The van der Waals surface area contributed by atoms with Gasteiger partial charge in [0.05, 0.1) is 29.4 Å². The summed E-state index contributed by atoms with van der Waals surface area (Å²) in [6, 6.07) is 2.19. The largest absolute Gasteiger partial charge is 0.465 e. The number of nitrogens with zero attached hydrogens (tertiary/aromatic N) is 1. The summed E-state index contributed by atoms with van der Waals surface area (Å²) < 4.78 is 32.1. The predicted octanol–water partition coefficient (Wildman–Crippen LogP) is 3.13. The lowest BCUT2D eigenvalue weighted by molar-refractivity contribution is 0.0600. The highest BCUT2D eigenvalue weighted by Gasteiger charge is 2.63. The number of anilines is 1. The minimum Gasteiger partial charge on any atom is -0.465 e. The molecular weight excluding hydrogens is 252 g/mol. The molecule has 1 fully saturated rings. The SMILES string of the molecule is COC(=O)c1cc(F)c(F)c(N2C(C)(C)C2(C)C)c1. The van der Waals surface area contributed by atoms with Crippen molar-refractivity contribution in [1.82, 2.24) is 0 Å². The fourth-order valence-corrected chi connectivity index (χ4v) is 2.49. The minimum absolute atomic E-state index is 0.00917. The fraction of sp³-hybridized carbons (Fsp3) is 0.500. The lowest BCUT2D eigenvalue weighted by Crippen LogP contribution is -2.12. The number of halogens is 2. The van der Waals surface area contributed by atoms with Gasteiger partial charge in [-0.05, 0) is 39.8 Å². The number of methoxy groups -OCH3 is 1. The molecule has 0 bridgehead atoms. The van der Waals surface area contributed by atoms with Gasteiger partial charge in [-0.1, -0.05) is 0 Å². The molecule has 0 unspecified atom stereocenters. The molecule has 104 valence electrons. The Morgan fingerprint density at radius 1 is 1.16 bits per heavy atom. The Kier molecular flexibility index (Phi) is 2.84. The zero-order valence-corrected chi connectivity index (χ0v) is 11.7. The Labute approximate surface area is 111 Å². The molecular formula is C14H17F2NO2.